The van der Waals surface area contributed by atoms with Crippen molar-refractivity contribution in [1.29, 1.82) is 0 Å². The van der Waals surface area contributed by atoms with E-state index in [1.165, 1.54) is 11.1 Å². The Hall–Kier alpha value is -1.39. The number of alkyl halides is 2. The molecule has 3 unspecified atom stereocenters. The first-order chi connectivity index (χ1) is 20.1. The molecule has 0 saturated heterocycles. The van der Waals surface area contributed by atoms with E-state index < -0.39 is 16.0 Å². The molecule has 0 spiro atoms. The number of allylic oxidation sites excluding steroid dienone is 1. The second-order valence-electron chi connectivity index (χ2n) is 17.1. The van der Waals surface area contributed by atoms with Crippen molar-refractivity contribution in [1.82, 2.24) is 4.57 Å². The molecule has 1 aromatic heterocycles. The predicted molar refractivity (Wildman–Crippen MR) is 205 cm³/mol. The fraction of sp³-hybridized carbons (Fsp3) is 0.476. The normalized spacial score (nSPS) is 22.3. The minimum absolute atomic E-state index is 0. The van der Waals surface area contributed by atoms with Crippen LogP contribution < -0.4 is 0 Å². The van der Waals surface area contributed by atoms with E-state index in [1.807, 2.05) is 30.3 Å². The summed E-state index contributed by atoms with van der Waals surface area (Å²) in [6.45, 7) is 24.8. The van der Waals surface area contributed by atoms with E-state index in [0.29, 0.717) is 6.42 Å². The molecule has 256 valence electrons. The predicted octanol–water partition coefficient (Wildman–Crippen LogP) is 12.5. The van der Waals surface area contributed by atoms with E-state index in [0.717, 1.165) is 39.4 Å². The van der Waals surface area contributed by atoms with E-state index in [-0.39, 0.29) is 62.4 Å². The maximum Gasteiger partial charge on any atom is 0.151 e. The van der Waals surface area contributed by atoms with Crippen LogP contribution in [0.3, 0.4) is 0 Å². The van der Waals surface area contributed by atoms with Gasteiger partial charge in [0.1, 0.15) is 6.10 Å². The van der Waals surface area contributed by atoms with Crippen molar-refractivity contribution in [3.8, 4) is 0 Å². The molecule has 0 aliphatic heterocycles. The molecular weight excluding hydrogens is 784 g/mol. The van der Waals surface area contributed by atoms with E-state index in [9.17, 15) is 5.11 Å². The Morgan fingerprint density at radius 3 is 1.57 bits per heavy atom. The van der Waals surface area contributed by atoms with Gasteiger partial charge in [0.2, 0.25) is 0 Å². The number of aromatic nitrogens is 1. The van der Waals surface area contributed by atoms with Crippen LogP contribution in [0, 0.1) is 25.7 Å². The third-order valence-corrected chi connectivity index (χ3v) is 10.9. The van der Waals surface area contributed by atoms with E-state index >= 15 is 0 Å². The number of halogens is 2. The zero-order valence-electron chi connectivity index (χ0n) is 31.1. The Bertz CT molecular complexity index is 1660. The summed E-state index contributed by atoms with van der Waals surface area (Å²) in [7, 11) is 0. The molecule has 0 fully saturated rings. The number of benzene rings is 3. The van der Waals surface area contributed by atoms with Crippen LogP contribution in [0.25, 0.3) is 27.4 Å². The number of fused-ring (bicyclic) bond motifs is 3. The summed E-state index contributed by atoms with van der Waals surface area (Å²) < 4.78 is 2.20. The minimum Gasteiger partial charge on any atom is -0.385 e. The quantitative estimate of drug-likeness (QED) is 0.124. The standard InChI is InChI=1S/C40H51Cl2NO.2CH3.Hf/c1-35(2,3)24-38(10,11)39(41)23-31(26-15-13-12-14-16-26)34(44)40(42,25-39)43-32-19-17-27(36(4,5)6)21-29(32)30-22-28(37(7,8)9)18-20-33(30)43;;;/h12-23,34,44H,24-25H2,1-11H3;2*1H3;/q;2*-1;. The summed E-state index contributed by atoms with van der Waals surface area (Å²) in [5.41, 5.74) is 5.95. The minimum atomic E-state index is -1.25. The average molecular weight is 841 g/mol. The van der Waals surface area contributed by atoms with Gasteiger partial charge in [0.15, 0.2) is 5.00 Å². The van der Waals surface area contributed by atoms with Gasteiger partial charge in [0.05, 0.1) is 15.9 Å². The molecule has 4 aromatic rings. The van der Waals surface area contributed by atoms with Gasteiger partial charge in [-0.2, -0.15) is 0 Å². The number of hydrogen-bond donors (Lipinski definition) is 1. The summed E-state index contributed by atoms with van der Waals surface area (Å²) in [6, 6.07) is 23.6. The van der Waals surface area contributed by atoms with Gasteiger partial charge in [0, 0.05) is 43.0 Å². The fourth-order valence-corrected chi connectivity index (χ4v) is 8.38. The average Bonchev–Trinajstić information content (AvgIpc) is 3.23. The van der Waals surface area contributed by atoms with Crippen molar-refractivity contribution in [3.05, 3.63) is 104 Å². The van der Waals surface area contributed by atoms with Crippen molar-refractivity contribution < 1.29 is 30.9 Å². The molecule has 1 heterocycles. The first-order valence-corrected chi connectivity index (χ1v) is 16.8. The Labute approximate surface area is 315 Å². The number of aliphatic hydroxyl groups is 1. The molecule has 1 aliphatic rings. The molecule has 1 aliphatic carbocycles. The molecule has 47 heavy (non-hydrogen) atoms. The first-order valence-electron chi connectivity index (χ1n) is 16.0. The van der Waals surface area contributed by atoms with Crippen molar-refractivity contribution in [2.75, 3.05) is 0 Å². The monoisotopic (exact) mass is 841 g/mol. The van der Waals surface area contributed by atoms with Gasteiger partial charge < -0.3 is 24.5 Å². The zero-order valence-corrected chi connectivity index (χ0v) is 36.2. The van der Waals surface area contributed by atoms with Crippen molar-refractivity contribution >= 4 is 50.6 Å². The van der Waals surface area contributed by atoms with Crippen molar-refractivity contribution in [3.63, 3.8) is 0 Å². The largest absolute Gasteiger partial charge is 0.385 e. The topological polar surface area (TPSA) is 25.2 Å². The summed E-state index contributed by atoms with van der Waals surface area (Å²) in [4.78, 5) is -2.07. The molecular formula is C42H57Cl2HfNO-2. The molecule has 3 atom stereocenters. The molecule has 0 bridgehead atoms. The second kappa shape index (κ2) is 13.7. The molecule has 5 rings (SSSR count). The van der Waals surface area contributed by atoms with Crippen molar-refractivity contribution in [2.24, 2.45) is 10.8 Å². The number of nitrogens with zero attached hydrogens (tertiary/aromatic N) is 1. The Morgan fingerprint density at radius 2 is 1.17 bits per heavy atom. The molecule has 5 heteroatoms. The van der Waals surface area contributed by atoms with Crippen LogP contribution in [0.1, 0.15) is 106 Å². The Kier molecular flexibility index (Phi) is 12.2. The van der Waals surface area contributed by atoms with Crippen LogP contribution in [0.4, 0.5) is 0 Å². The molecule has 2 nitrogen and oxygen atoms in total. The van der Waals surface area contributed by atoms with Crippen LogP contribution >= 0.6 is 23.2 Å². The molecule has 0 saturated carbocycles. The van der Waals surface area contributed by atoms with Gasteiger partial charge in [-0.15, -0.1) is 11.6 Å². The third-order valence-electron chi connectivity index (χ3n) is 9.68. The Morgan fingerprint density at radius 1 is 0.723 bits per heavy atom. The fourth-order valence-electron chi connectivity index (χ4n) is 7.41. The third kappa shape index (κ3) is 7.69. The van der Waals surface area contributed by atoms with Gasteiger partial charge in [-0.3, -0.25) is 0 Å². The van der Waals surface area contributed by atoms with Gasteiger partial charge in [0.25, 0.3) is 0 Å². The molecule has 0 amide bonds. The van der Waals surface area contributed by atoms with Crippen molar-refractivity contribution in [2.45, 2.75) is 116 Å². The molecule has 3 aromatic carbocycles. The van der Waals surface area contributed by atoms with Crippen LogP contribution in [0.2, 0.25) is 0 Å². The van der Waals surface area contributed by atoms with Gasteiger partial charge >= 0.3 is 0 Å². The summed E-state index contributed by atoms with van der Waals surface area (Å²) in [5, 5.41) is 14.7. The van der Waals surface area contributed by atoms with Gasteiger partial charge in [-0.1, -0.05) is 136 Å². The molecule has 1 N–H and O–H groups in total. The van der Waals surface area contributed by atoms with Crippen LogP contribution in [-0.2, 0) is 41.7 Å². The maximum atomic E-state index is 12.5. The summed E-state index contributed by atoms with van der Waals surface area (Å²) >= 11 is 15.9. The second-order valence-corrected chi connectivity index (χ2v) is 18.5. The maximum absolute atomic E-state index is 12.5. The smallest absolute Gasteiger partial charge is 0.151 e. The van der Waals surface area contributed by atoms with Gasteiger partial charge in [-0.25, -0.2) is 0 Å². The first kappa shape index (κ1) is 41.8. The number of hydrogen-bond acceptors (Lipinski definition) is 1. The van der Waals surface area contributed by atoms with Crippen LogP contribution in [0.5, 0.6) is 0 Å². The summed E-state index contributed by atoms with van der Waals surface area (Å²) in [6.07, 6.45) is 2.38. The van der Waals surface area contributed by atoms with E-state index in [2.05, 4.69) is 123 Å². The molecule has 0 radical (unpaired) electrons. The van der Waals surface area contributed by atoms with Crippen LogP contribution in [-0.4, -0.2) is 20.7 Å². The Balaban J connectivity index is 0.00000256. The van der Waals surface area contributed by atoms with E-state index in [4.69, 9.17) is 23.2 Å². The number of rotatable bonds is 4. The SMILES string of the molecule is CC(C)(C)CC(C)(C)C1(Cl)C=C(c2ccccc2)C(O)C(Cl)(n2c3ccc(C(C)(C)C)cc3c3cc(C(C)(C)C)ccc32)C1.[CH3-].[CH3-].[Hf]. The number of aliphatic hydroxyl groups excluding tert-OH is 1. The van der Waals surface area contributed by atoms with E-state index in [1.54, 1.807) is 0 Å². The summed E-state index contributed by atoms with van der Waals surface area (Å²) in [5.74, 6) is 0. The van der Waals surface area contributed by atoms with Gasteiger partial charge in [-0.05, 0) is 74.6 Å². The van der Waals surface area contributed by atoms with Crippen LogP contribution in [0.15, 0.2) is 72.8 Å². The zero-order chi connectivity index (χ0) is 32.7.